The highest BCUT2D eigenvalue weighted by Crippen LogP contribution is 2.13. The highest BCUT2D eigenvalue weighted by Gasteiger charge is 2.16. The van der Waals surface area contributed by atoms with Crippen LogP contribution >= 0.6 is 0 Å². The molecule has 1 aliphatic heterocycles. The largest absolute Gasteiger partial charge is 0.377 e. The van der Waals surface area contributed by atoms with Gasteiger partial charge >= 0.3 is 0 Å². The summed E-state index contributed by atoms with van der Waals surface area (Å²) >= 11 is 0. The molecule has 1 heterocycles. The molecule has 0 bridgehead atoms. The maximum atomic E-state index is 5.64. The van der Waals surface area contributed by atoms with Gasteiger partial charge in [0.2, 0.25) is 0 Å². The van der Waals surface area contributed by atoms with Crippen molar-refractivity contribution in [1.29, 1.82) is 0 Å². The van der Waals surface area contributed by atoms with Crippen molar-refractivity contribution >= 4 is 0 Å². The van der Waals surface area contributed by atoms with E-state index in [1.165, 1.54) is 12.8 Å². The summed E-state index contributed by atoms with van der Waals surface area (Å²) in [6, 6.07) is 0.213. The van der Waals surface area contributed by atoms with E-state index in [-0.39, 0.29) is 6.04 Å². The number of hydrogen-bond acceptors (Lipinski definition) is 2. The predicted octanol–water partition coefficient (Wildman–Crippen LogP) is 0.903. The third-order valence-corrected chi connectivity index (χ3v) is 1.80. The van der Waals surface area contributed by atoms with E-state index in [2.05, 4.69) is 0 Å². The van der Waals surface area contributed by atoms with E-state index >= 15 is 0 Å². The second kappa shape index (κ2) is 3.18. The molecule has 0 aromatic carbocycles. The van der Waals surface area contributed by atoms with Crippen LogP contribution in [0.2, 0.25) is 0 Å². The maximum Gasteiger partial charge on any atom is 0.0723 e. The summed E-state index contributed by atoms with van der Waals surface area (Å²) in [5, 5.41) is 0. The lowest BCUT2D eigenvalue weighted by atomic mass is 10.0. The van der Waals surface area contributed by atoms with E-state index in [1.807, 2.05) is 6.92 Å². The molecule has 1 aliphatic rings. The van der Waals surface area contributed by atoms with Crippen molar-refractivity contribution < 1.29 is 4.74 Å². The zero-order valence-electron chi connectivity index (χ0n) is 5.97. The maximum absolute atomic E-state index is 5.64. The Labute approximate surface area is 56.4 Å². The minimum Gasteiger partial charge on any atom is -0.377 e. The third kappa shape index (κ3) is 1.95. The van der Waals surface area contributed by atoms with Crippen molar-refractivity contribution in [1.82, 2.24) is 0 Å². The smallest absolute Gasteiger partial charge is 0.0723 e. The molecule has 1 rings (SSSR count). The molecule has 2 heteroatoms. The second-order valence-electron chi connectivity index (χ2n) is 2.76. The highest BCUT2D eigenvalue weighted by molar-refractivity contribution is 4.71. The number of hydrogen-bond donors (Lipinski definition) is 1. The van der Waals surface area contributed by atoms with Crippen LogP contribution in [0, 0.1) is 0 Å². The second-order valence-corrected chi connectivity index (χ2v) is 2.76. The Hall–Kier alpha value is -0.0800. The first-order chi connectivity index (χ1) is 4.30. The molecule has 0 aromatic heterocycles. The molecule has 0 saturated carbocycles. The fraction of sp³-hybridized carbons (Fsp3) is 1.00. The molecule has 2 N–H and O–H groups in total. The van der Waals surface area contributed by atoms with E-state index in [0.29, 0.717) is 6.10 Å². The summed E-state index contributed by atoms with van der Waals surface area (Å²) in [4.78, 5) is 0. The number of ether oxygens (including phenoxy) is 1. The molecule has 9 heavy (non-hydrogen) atoms. The van der Waals surface area contributed by atoms with Crippen molar-refractivity contribution in [2.45, 2.75) is 38.3 Å². The quantitative estimate of drug-likeness (QED) is 0.571. The van der Waals surface area contributed by atoms with Crippen LogP contribution in [0.15, 0.2) is 0 Å². The monoisotopic (exact) mass is 129 g/mol. The zero-order valence-corrected chi connectivity index (χ0v) is 5.97. The van der Waals surface area contributed by atoms with Gasteiger partial charge in [-0.05, 0) is 26.2 Å². The molecule has 2 atom stereocenters. The third-order valence-electron chi connectivity index (χ3n) is 1.80. The summed E-state index contributed by atoms with van der Waals surface area (Å²) in [6.07, 6.45) is 3.98. The topological polar surface area (TPSA) is 35.2 Å². The summed E-state index contributed by atoms with van der Waals surface area (Å²) in [5.74, 6) is 0. The minimum absolute atomic E-state index is 0.213. The van der Waals surface area contributed by atoms with Gasteiger partial charge in [0.05, 0.1) is 6.10 Å². The van der Waals surface area contributed by atoms with Crippen molar-refractivity contribution in [3.63, 3.8) is 0 Å². The molecule has 54 valence electrons. The van der Waals surface area contributed by atoms with E-state index in [9.17, 15) is 0 Å². The molecular weight excluding hydrogens is 114 g/mol. The lowest BCUT2D eigenvalue weighted by molar-refractivity contribution is 0.00403. The SMILES string of the molecule is C[C@@H](N)[C@@H]1CCCCO1. The molecule has 0 spiro atoms. The fourth-order valence-corrected chi connectivity index (χ4v) is 1.18. The Kier molecular flexibility index (Phi) is 2.49. The Balaban J connectivity index is 2.23. The van der Waals surface area contributed by atoms with Crippen LogP contribution in [-0.2, 0) is 4.74 Å². The summed E-state index contributed by atoms with van der Waals surface area (Å²) < 4.78 is 5.41. The number of rotatable bonds is 1. The molecule has 0 amide bonds. The van der Waals surface area contributed by atoms with Gasteiger partial charge in [-0.15, -0.1) is 0 Å². The van der Waals surface area contributed by atoms with Crippen LogP contribution < -0.4 is 5.73 Å². The average molecular weight is 129 g/mol. The first-order valence-corrected chi connectivity index (χ1v) is 3.68. The minimum atomic E-state index is 0.213. The van der Waals surface area contributed by atoms with Crippen molar-refractivity contribution in [3.05, 3.63) is 0 Å². The fourth-order valence-electron chi connectivity index (χ4n) is 1.18. The van der Waals surface area contributed by atoms with Crippen LogP contribution in [0.25, 0.3) is 0 Å². The van der Waals surface area contributed by atoms with E-state index < -0.39 is 0 Å². The van der Waals surface area contributed by atoms with E-state index in [1.54, 1.807) is 0 Å². The molecular formula is C7H15NO. The Bertz CT molecular complexity index is 77.0. The first-order valence-electron chi connectivity index (χ1n) is 3.68. The van der Waals surface area contributed by atoms with E-state index in [4.69, 9.17) is 10.5 Å². The lowest BCUT2D eigenvalue weighted by Crippen LogP contribution is -2.36. The van der Waals surface area contributed by atoms with Gasteiger partial charge in [0, 0.05) is 12.6 Å². The highest BCUT2D eigenvalue weighted by atomic mass is 16.5. The number of nitrogens with two attached hydrogens (primary N) is 1. The zero-order chi connectivity index (χ0) is 6.69. The van der Waals surface area contributed by atoms with Crippen molar-refractivity contribution in [2.24, 2.45) is 5.73 Å². The average Bonchev–Trinajstić information content (AvgIpc) is 1.90. The summed E-state index contributed by atoms with van der Waals surface area (Å²) in [5.41, 5.74) is 5.64. The predicted molar refractivity (Wildman–Crippen MR) is 37.2 cm³/mol. The van der Waals surface area contributed by atoms with Crippen molar-refractivity contribution in [3.8, 4) is 0 Å². The van der Waals surface area contributed by atoms with Crippen LogP contribution in [0.1, 0.15) is 26.2 Å². The van der Waals surface area contributed by atoms with Gasteiger partial charge in [0.15, 0.2) is 0 Å². The Morgan fingerprint density at radius 2 is 2.33 bits per heavy atom. The normalized spacial score (nSPS) is 32.0. The van der Waals surface area contributed by atoms with Gasteiger partial charge in [0.25, 0.3) is 0 Å². The molecule has 0 aromatic rings. The standard InChI is InChI=1S/C7H15NO/c1-6(8)7-4-2-3-5-9-7/h6-7H,2-5,8H2,1H3/t6-,7+/m1/s1. The summed E-state index contributed by atoms with van der Waals surface area (Å²) in [7, 11) is 0. The van der Waals surface area contributed by atoms with E-state index in [0.717, 1.165) is 13.0 Å². The van der Waals surface area contributed by atoms with Gasteiger partial charge in [0.1, 0.15) is 0 Å². The van der Waals surface area contributed by atoms with Gasteiger partial charge in [-0.25, -0.2) is 0 Å². The summed E-state index contributed by atoms with van der Waals surface area (Å²) in [6.45, 7) is 2.92. The Morgan fingerprint density at radius 3 is 2.67 bits per heavy atom. The van der Waals surface area contributed by atoms with Crippen LogP contribution in [-0.4, -0.2) is 18.8 Å². The van der Waals surface area contributed by atoms with Crippen molar-refractivity contribution in [2.75, 3.05) is 6.61 Å². The molecule has 0 unspecified atom stereocenters. The molecule has 1 fully saturated rings. The molecule has 1 saturated heterocycles. The van der Waals surface area contributed by atoms with Crippen LogP contribution in [0.3, 0.4) is 0 Å². The van der Waals surface area contributed by atoms with Gasteiger partial charge < -0.3 is 10.5 Å². The van der Waals surface area contributed by atoms with Gasteiger partial charge in [-0.1, -0.05) is 0 Å². The molecule has 2 nitrogen and oxygen atoms in total. The van der Waals surface area contributed by atoms with Crippen LogP contribution in [0.4, 0.5) is 0 Å². The Morgan fingerprint density at radius 1 is 1.56 bits per heavy atom. The molecule has 0 aliphatic carbocycles. The van der Waals surface area contributed by atoms with Gasteiger partial charge in [-0.2, -0.15) is 0 Å². The lowest BCUT2D eigenvalue weighted by Gasteiger charge is -2.25. The van der Waals surface area contributed by atoms with Crippen LogP contribution in [0.5, 0.6) is 0 Å². The van der Waals surface area contributed by atoms with Gasteiger partial charge in [-0.3, -0.25) is 0 Å². The first kappa shape index (κ1) is 7.03. The molecule has 0 radical (unpaired) electrons.